The molecule has 0 fully saturated rings. The molecule has 0 unspecified atom stereocenters. The highest BCUT2D eigenvalue weighted by molar-refractivity contribution is 6.03. The van der Waals surface area contributed by atoms with E-state index in [0.29, 0.717) is 11.0 Å². The van der Waals surface area contributed by atoms with Gasteiger partial charge >= 0.3 is 6.01 Å². The number of fused-ring (bicyclic) bond motifs is 1. The molecule has 2 aromatic carbocycles. The first-order valence-electron chi connectivity index (χ1n) is 7.89. The monoisotopic (exact) mass is 365 g/mol. The summed E-state index contributed by atoms with van der Waals surface area (Å²) in [6, 6.07) is 12.0. The normalized spacial score (nSPS) is 10.9. The molecule has 0 aliphatic carbocycles. The van der Waals surface area contributed by atoms with Crippen molar-refractivity contribution in [3.8, 4) is 11.6 Å². The SMILES string of the molecule is Cn1c(=O)c(-c2nnc(NC(=O)c3cccc(F)c3)o2)nc2ccccc21. The van der Waals surface area contributed by atoms with Crippen molar-refractivity contribution in [2.75, 3.05) is 5.32 Å². The van der Waals surface area contributed by atoms with E-state index in [2.05, 4.69) is 20.5 Å². The van der Waals surface area contributed by atoms with Crippen LogP contribution in [-0.2, 0) is 7.05 Å². The standard InChI is InChI=1S/C18H12FN5O3/c1-24-13-8-3-2-7-12(13)20-14(17(24)26)16-22-23-18(27-16)21-15(25)10-5-4-6-11(19)9-10/h2-9H,1H3,(H,21,23,25). The maximum atomic E-state index is 13.2. The Morgan fingerprint density at radius 2 is 1.96 bits per heavy atom. The molecular weight excluding hydrogens is 353 g/mol. The van der Waals surface area contributed by atoms with Gasteiger partial charge in [0, 0.05) is 12.6 Å². The lowest BCUT2D eigenvalue weighted by Crippen LogP contribution is -2.20. The highest BCUT2D eigenvalue weighted by Crippen LogP contribution is 2.18. The van der Waals surface area contributed by atoms with Crippen LogP contribution in [0, 0.1) is 5.82 Å². The molecule has 0 aliphatic rings. The molecule has 0 radical (unpaired) electrons. The predicted octanol–water partition coefficient (Wildman–Crippen LogP) is 2.37. The molecule has 4 rings (SSSR count). The van der Waals surface area contributed by atoms with Crippen molar-refractivity contribution in [3.05, 3.63) is 70.3 Å². The lowest BCUT2D eigenvalue weighted by molar-refractivity contribution is 0.102. The minimum Gasteiger partial charge on any atom is -0.401 e. The fourth-order valence-corrected chi connectivity index (χ4v) is 2.59. The van der Waals surface area contributed by atoms with Crippen LogP contribution in [0.1, 0.15) is 10.4 Å². The van der Waals surface area contributed by atoms with Crippen molar-refractivity contribution >= 4 is 23.0 Å². The summed E-state index contributed by atoms with van der Waals surface area (Å²) in [5, 5.41) is 9.84. The van der Waals surface area contributed by atoms with E-state index in [1.54, 1.807) is 31.3 Å². The first-order valence-corrected chi connectivity index (χ1v) is 7.89. The Bertz CT molecular complexity index is 1230. The number of aryl methyl sites for hydroxylation is 1. The summed E-state index contributed by atoms with van der Waals surface area (Å²) < 4.78 is 20.0. The molecule has 0 saturated carbocycles. The number of nitrogens with one attached hydrogen (secondary N) is 1. The molecule has 0 saturated heterocycles. The summed E-state index contributed by atoms with van der Waals surface area (Å²) in [5.74, 6) is -1.29. The van der Waals surface area contributed by atoms with E-state index >= 15 is 0 Å². The van der Waals surface area contributed by atoms with Crippen LogP contribution in [0.25, 0.3) is 22.6 Å². The van der Waals surface area contributed by atoms with Crippen molar-refractivity contribution in [3.63, 3.8) is 0 Å². The van der Waals surface area contributed by atoms with Gasteiger partial charge in [0.1, 0.15) is 5.82 Å². The summed E-state index contributed by atoms with van der Waals surface area (Å²) in [4.78, 5) is 28.9. The Kier molecular flexibility index (Phi) is 3.96. The van der Waals surface area contributed by atoms with Gasteiger partial charge in [-0.05, 0) is 30.3 Å². The van der Waals surface area contributed by atoms with E-state index in [-0.39, 0.29) is 23.2 Å². The minimum absolute atomic E-state index is 0.0324. The molecule has 1 amide bonds. The maximum Gasteiger partial charge on any atom is 0.322 e. The third kappa shape index (κ3) is 3.06. The van der Waals surface area contributed by atoms with Gasteiger partial charge in [-0.15, -0.1) is 5.10 Å². The number of para-hydroxylation sites is 2. The van der Waals surface area contributed by atoms with E-state index in [9.17, 15) is 14.0 Å². The van der Waals surface area contributed by atoms with E-state index < -0.39 is 17.3 Å². The first-order chi connectivity index (χ1) is 13.0. The number of hydrogen-bond donors (Lipinski definition) is 1. The average Bonchev–Trinajstić information content (AvgIpc) is 3.13. The largest absolute Gasteiger partial charge is 0.401 e. The van der Waals surface area contributed by atoms with Crippen molar-refractivity contribution in [2.24, 2.45) is 7.05 Å². The summed E-state index contributed by atoms with van der Waals surface area (Å²) in [6.45, 7) is 0. The molecule has 4 aromatic rings. The number of aromatic nitrogens is 4. The molecule has 2 aromatic heterocycles. The number of amides is 1. The molecule has 0 aliphatic heterocycles. The van der Waals surface area contributed by atoms with Crippen molar-refractivity contribution in [2.45, 2.75) is 0 Å². The second-order valence-corrected chi connectivity index (χ2v) is 5.69. The van der Waals surface area contributed by atoms with Crippen molar-refractivity contribution in [1.82, 2.24) is 19.7 Å². The lowest BCUT2D eigenvalue weighted by Gasteiger charge is -2.05. The number of halogens is 1. The van der Waals surface area contributed by atoms with Gasteiger partial charge in [0.2, 0.25) is 0 Å². The number of benzene rings is 2. The Morgan fingerprint density at radius 3 is 2.78 bits per heavy atom. The maximum absolute atomic E-state index is 13.2. The highest BCUT2D eigenvalue weighted by atomic mass is 19.1. The lowest BCUT2D eigenvalue weighted by atomic mass is 10.2. The molecular formula is C18H12FN5O3. The van der Waals surface area contributed by atoms with Gasteiger partial charge < -0.3 is 8.98 Å². The van der Waals surface area contributed by atoms with Gasteiger partial charge in [0.15, 0.2) is 5.69 Å². The molecule has 0 spiro atoms. The number of hydrogen-bond acceptors (Lipinski definition) is 6. The van der Waals surface area contributed by atoms with E-state index in [0.717, 1.165) is 6.07 Å². The molecule has 8 nitrogen and oxygen atoms in total. The van der Waals surface area contributed by atoms with Gasteiger partial charge in [-0.1, -0.05) is 23.3 Å². The average molecular weight is 365 g/mol. The number of carbonyl (C=O) groups is 1. The van der Waals surface area contributed by atoms with Crippen LogP contribution < -0.4 is 10.9 Å². The Labute approximate surface area is 151 Å². The van der Waals surface area contributed by atoms with Gasteiger partial charge in [-0.3, -0.25) is 14.9 Å². The van der Waals surface area contributed by atoms with Crippen LogP contribution in [-0.4, -0.2) is 25.7 Å². The highest BCUT2D eigenvalue weighted by Gasteiger charge is 2.18. The zero-order valence-corrected chi connectivity index (χ0v) is 14.0. The number of rotatable bonds is 3. The summed E-state index contributed by atoms with van der Waals surface area (Å²) >= 11 is 0. The zero-order chi connectivity index (χ0) is 19.0. The first kappa shape index (κ1) is 16.6. The topological polar surface area (TPSA) is 103 Å². The van der Waals surface area contributed by atoms with E-state index in [1.165, 1.54) is 22.8 Å². The van der Waals surface area contributed by atoms with Gasteiger partial charge in [-0.25, -0.2) is 9.37 Å². The number of carbonyl (C=O) groups excluding carboxylic acids is 1. The minimum atomic E-state index is -0.621. The quantitative estimate of drug-likeness (QED) is 0.598. The molecule has 9 heteroatoms. The predicted molar refractivity (Wildman–Crippen MR) is 94.6 cm³/mol. The van der Waals surface area contributed by atoms with Crippen LogP contribution >= 0.6 is 0 Å². The molecule has 1 N–H and O–H groups in total. The van der Waals surface area contributed by atoms with Crippen LogP contribution in [0.3, 0.4) is 0 Å². The molecule has 0 atom stereocenters. The smallest absolute Gasteiger partial charge is 0.322 e. The second-order valence-electron chi connectivity index (χ2n) is 5.69. The van der Waals surface area contributed by atoms with Crippen LogP contribution in [0.2, 0.25) is 0 Å². The third-order valence-corrected chi connectivity index (χ3v) is 3.92. The van der Waals surface area contributed by atoms with Crippen molar-refractivity contribution in [1.29, 1.82) is 0 Å². The second kappa shape index (κ2) is 6.45. The van der Waals surface area contributed by atoms with Gasteiger partial charge in [0.05, 0.1) is 11.0 Å². The van der Waals surface area contributed by atoms with Crippen LogP contribution in [0.15, 0.2) is 57.7 Å². The number of anilines is 1. The molecule has 2 heterocycles. The summed E-state index contributed by atoms with van der Waals surface area (Å²) in [7, 11) is 1.61. The third-order valence-electron chi connectivity index (χ3n) is 3.92. The number of nitrogens with zero attached hydrogens (tertiary/aromatic N) is 4. The van der Waals surface area contributed by atoms with Crippen LogP contribution in [0.4, 0.5) is 10.4 Å². The van der Waals surface area contributed by atoms with E-state index in [1.807, 2.05) is 0 Å². The van der Waals surface area contributed by atoms with Gasteiger partial charge in [-0.2, -0.15) is 0 Å². The fraction of sp³-hybridized carbons (Fsp3) is 0.0556. The van der Waals surface area contributed by atoms with Crippen LogP contribution in [0.5, 0.6) is 0 Å². The summed E-state index contributed by atoms with van der Waals surface area (Å²) in [5.41, 5.74) is 0.883. The van der Waals surface area contributed by atoms with E-state index in [4.69, 9.17) is 4.42 Å². The Morgan fingerprint density at radius 1 is 1.15 bits per heavy atom. The Hall–Kier alpha value is -3.88. The zero-order valence-electron chi connectivity index (χ0n) is 14.0. The fourth-order valence-electron chi connectivity index (χ4n) is 2.59. The molecule has 27 heavy (non-hydrogen) atoms. The van der Waals surface area contributed by atoms with Gasteiger partial charge in [0.25, 0.3) is 17.4 Å². The molecule has 134 valence electrons. The summed E-state index contributed by atoms with van der Waals surface area (Å²) in [6.07, 6.45) is 0. The molecule has 0 bridgehead atoms. The Balaban J connectivity index is 1.67. The van der Waals surface area contributed by atoms with Crippen molar-refractivity contribution < 1.29 is 13.6 Å².